The molecule has 1 unspecified atom stereocenters. The highest BCUT2D eigenvalue weighted by Crippen LogP contribution is 2.25. The Hall–Kier alpha value is -3.69. The summed E-state index contributed by atoms with van der Waals surface area (Å²) in [6.45, 7) is 4.27. The fourth-order valence-electron chi connectivity index (χ4n) is 3.61. The number of carbonyl (C=O) groups is 3. The number of hydrogen-bond acceptors (Lipinski definition) is 7. The molecule has 3 amide bonds. The van der Waals surface area contributed by atoms with E-state index in [0.717, 1.165) is 19.4 Å². The van der Waals surface area contributed by atoms with E-state index in [2.05, 4.69) is 20.6 Å². The number of nitrogens with one attached hydrogen (secondary N) is 2. The zero-order valence-electron chi connectivity index (χ0n) is 17.9. The van der Waals surface area contributed by atoms with Crippen molar-refractivity contribution in [2.24, 2.45) is 5.73 Å². The first-order chi connectivity index (χ1) is 14.7. The SMILES string of the molecule is CC(=O)Nc1cccc(Nc2ncc(C(N)=O)c(N(C)C3CCCN(C(C)=O)C3)n2)c1. The zero-order valence-corrected chi connectivity index (χ0v) is 17.9. The molecule has 2 heterocycles. The molecule has 1 aliphatic heterocycles. The van der Waals surface area contributed by atoms with Crippen LogP contribution in [-0.4, -0.2) is 58.8 Å². The second kappa shape index (κ2) is 9.41. The molecule has 0 saturated carbocycles. The molecule has 1 aromatic heterocycles. The van der Waals surface area contributed by atoms with Crippen LogP contribution in [0.4, 0.5) is 23.1 Å². The lowest BCUT2D eigenvalue weighted by Crippen LogP contribution is -2.48. The van der Waals surface area contributed by atoms with Gasteiger partial charge in [-0.05, 0) is 31.0 Å². The molecule has 31 heavy (non-hydrogen) atoms. The van der Waals surface area contributed by atoms with Gasteiger partial charge < -0.3 is 26.2 Å². The van der Waals surface area contributed by atoms with Crippen molar-refractivity contribution in [3.8, 4) is 0 Å². The van der Waals surface area contributed by atoms with Crippen LogP contribution >= 0.6 is 0 Å². The van der Waals surface area contributed by atoms with Crippen LogP contribution in [0.25, 0.3) is 0 Å². The number of benzene rings is 1. The first-order valence-corrected chi connectivity index (χ1v) is 10.0. The molecule has 1 fully saturated rings. The Labute approximate surface area is 180 Å². The Kier molecular flexibility index (Phi) is 6.68. The number of aromatic nitrogens is 2. The third kappa shape index (κ3) is 5.47. The van der Waals surface area contributed by atoms with E-state index in [-0.39, 0.29) is 29.4 Å². The molecule has 164 valence electrons. The Morgan fingerprint density at radius 2 is 1.97 bits per heavy atom. The van der Waals surface area contributed by atoms with E-state index >= 15 is 0 Å². The van der Waals surface area contributed by atoms with Crippen LogP contribution in [0.5, 0.6) is 0 Å². The maximum Gasteiger partial charge on any atom is 0.254 e. The van der Waals surface area contributed by atoms with Crippen molar-refractivity contribution in [2.45, 2.75) is 32.7 Å². The highest BCUT2D eigenvalue weighted by molar-refractivity contribution is 5.97. The largest absolute Gasteiger partial charge is 0.365 e. The van der Waals surface area contributed by atoms with Gasteiger partial charge in [0.25, 0.3) is 5.91 Å². The molecular weight excluding hydrogens is 398 g/mol. The van der Waals surface area contributed by atoms with Crippen molar-refractivity contribution >= 4 is 40.9 Å². The number of likely N-dealkylation sites (N-methyl/N-ethyl adjacent to an activating group) is 1. The molecule has 0 bridgehead atoms. The lowest BCUT2D eigenvalue weighted by Gasteiger charge is -2.38. The highest BCUT2D eigenvalue weighted by Gasteiger charge is 2.28. The first kappa shape index (κ1) is 22.0. The third-order valence-electron chi connectivity index (χ3n) is 5.20. The molecule has 2 aromatic rings. The number of primary amides is 1. The van der Waals surface area contributed by atoms with Crippen molar-refractivity contribution in [1.29, 1.82) is 0 Å². The maximum absolute atomic E-state index is 12.0. The summed E-state index contributed by atoms with van der Waals surface area (Å²) in [4.78, 5) is 47.5. The van der Waals surface area contributed by atoms with Crippen LogP contribution in [-0.2, 0) is 9.59 Å². The van der Waals surface area contributed by atoms with Gasteiger partial charge in [-0.1, -0.05) is 6.07 Å². The molecule has 1 aromatic carbocycles. The number of piperidine rings is 1. The second-order valence-electron chi connectivity index (χ2n) is 7.55. The van der Waals surface area contributed by atoms with Crippen molar-refractivity contribution in [3.05, 3.63) is 36.0 Å². The quantitative estimate of drug-likeness (QED) is 0.642. The molecule has 0 aliphatic carbocycles. The van der Waals surface area contributed by atoms with Crippen LogP contribution < -0.4 is 21.3 Å². The van der Waals surface area contributed by atoms with Gasteiger partial charge in [-0.25, -0.2) is 4.98 Å². The van der Waals surface area contributed by atoms with Gasteiger partial charge >= 0.3 is 0 Å². The molecule has 10 heteroatoms. The number of nitrogens with two attached hydrogens (primary N) is 1. The minimum Gasteiger partial charge on any atom is -0.365 e. The van der Waals surface area contributed by atoms with Crippen molar-refractivity contribution in [1.82, 2.24) is 14.9 Å². The number of carbonyl (C=O) groups excluding carboxylic acids is 3. The summed E-state index contributed by atoms with van der Waals surface area (Å²) in [5.41, 5.74) is 7.07. The molecule has 1 saturated heterocycles. The molecule has 0 radical (unpaired) electrons. The molecule has 4 N–H and O–H groups in total. The van der Waals surface area contributed by atoms with Crippen LogP contribution in [0.1, 0.15) is 37.0 Å². The van der Waals surface area contributed by atoms with Gasteiger partial charge in [-0.3, -0.25) is 14.4 Å². The Balaban J connectivity index is 1.86. The van der Waals surface area contributed by atoms with Gasteiger partial charge in [-0.15, -0.1) is 0 Å². The van der Waals surface area contributed by atoms with Crippen LogP contribution in [0.15, 0.2) is 30.5 Å². The summed E-state index contributed by atoms with van der Waals surface area (Å²) in [6, 6.07) is 7.12. The number of hydrogen-bond donors (Lipinski definition) is 3. The summed E-state index contributed by atoms with van der Waals surface area (Å²) in [5, 5.41) is 5.81. The summed E-state index contributed by atoms with van der Waals surface area (Å²) in [6.07, 6.45) is 3.13. The number of nitrogens with zero attached hydrogens (tertiary/aromatic N) is 4. The third-order valence-corrected chi connectivity index (χ3v) is 5.20. The minimum atomic E-state index is -0.625. The second-order valence-corrected chi connectivity index (χ2v) is 7.55. The van der Waals surface area contributed by atoms with Gasteiger partial charge in [0.15, 0.2) is 0 Å². The van der Waals surface area contributed by atoms with E-state index in [1.165, 1.54) is 13.1 Å². The zero-order chi connectivity index (χ0) is 22.5. The average molecular weight is 425 g/mol. The molecular formula is C21H27N7O3. The van der Waals surface area contributed by atoms with Gasteiger partial charge in [0.05, 0.1) is 0 Å². The van der Waals surface area contributed by atoms with Gasteiger partial charge in [0.2, 0.25) is 17.8 Å². The molecule has 10 nitrogen and oxygen atoms in total. The fourth-order valence-corrected chi connectivity index (χ4v) is 3.61. The molecule has 1 aliphatic rings. The summed E-state index contributed by atoms with van der Waals surface area (Å²) < 4.78 is 0. The predicted molar refractivity (Wildman–Crippen MR) is 118 cm³/mol. The van der Waals surface area contributed by atoms with E-state index < -0.39 is 5.91 Å². The fraction of sp³-hybridized carbons (Fsp3) is 0.381. The molecule has 0 spiro atoms. The first-order valence-electron chi connectivity index (χ1n) is 10.0. The number of likely N-dealkylation sites (tertiary alicyclic amines) is 1. The standard InChI is InChI=1S/C21H27N7O3/c1-13(29)24-15-6-4-7-16(10-15)25-21-23-11-18(19(22)31)20(26-21)27(3)17-8-5-9-28(12-17)14(2)30/h4,6-7,10-11,17H,5,8-9,12H2,1-3H3,(H2,22,31)(H,24,29)(H,23,25,26). The van der Waals surface area contributed by atoms with Crippen molar-refractivity contribution in [3.63, 3.8) is 0 Å². The lowest BCUT2D eigenvalue weighted by molar-refractivity contribution is -0.130. The molecule has 3 rings (SSSR count). The van der Waals surface area contributed by atoms with Gasteiger partial charge in [0.1, 0.15) is 11.4 Å². The average Bonchev–Trinajstić information content (AvgIpc) is 2.73. The van der Waals surface area contributed by atoms with Crippen LogP contribution in [0.3, 0.4) is 0 Å². The topological polar surface area (TPSA) is 134 Å². The predicted octanol–water partition coefficient (Wildman–Crippen LogP) is 1.72. The van der Waals surface area contributed by atoms with Crippen molar-refractivity contribution in [2.75, 3.05) is 35.7 Å². The van der Waals surface area contributed by atoms with E-state index in [1.807, 2.05) is 18.0 Å². The van der Waals surface area contributed by atoms with Gasteiger partial charge in [-0.2, -0.15) is 4.98 Å². The summed E-state index contributed by atoms with van der Waals surface area (Å²) in [7, 11) is 1.84. The normalized spacial score (nSPS) is 15.8. The van der Waals surface area contributed by atoms with Crippen LogP contribution in [0.2, 0.25) is 0 Å². The Morgan fingerprint density at radius 1 is 1.23 bits per heavy atom. The number of anilines is 4. The monoisotopic (exact) mass is 425 g/mol. The highest BCUT2D eigenvalue weighted by atomic mass is 16.2. The number of rotatable bonds is 6. The number of amides is 3. The minimum absolute atomic E-state index is 0.00148. The Morgan fingerprint density at radius 3 is 2.65 bits per heavy atom. The maximum atomic E-state index is 12.0. The van der Waals surface area contributed by atoms with Gasteiger partial charge in [0, 0.05) is 57.6 Å². The Bertz CT molecular complexity index is 995. The smallest absolute Gasteiger partial charge is 0.254 e. The summed E-state index contributed by atoms with van der Waals surface area (Å²) >= 11 is 0. The van der Waals surface area contributed by atoms with E-state index in [4.69, 9.17) is 5.73 Å². The van der Waals surface area contributed by atoms with E-state index in [9.17, 15) is 14.4 Å². The summed E-state index contributed by atoms with van der Waals surface area (Å²) in [5.74, 6) is -0.0858. The van der Waals surface area contributed by atoms with Crippen LogP contribution in [0, 0.1) is 0 Å². The van der Waals surface area contributed by atoms with E-state index in [1.54, 1.807) is 30.0 Å². The van der Waals surface area contributed by atoms with E-state index in [0.29, 0.717) is 23.7 Å². The molecule has 1 atom stereocenters. The van der Waals surface area contributed by atoms with Crippen molar-refractivity contribution < 1.29 is 14.4 Å². The lowest BCUT2D eigenvalue weighted by atomic mass is 10.0.